The van der Waals surface area contributed by atoms with Crippen LogP contribution in [-0.2, 0) is 4.79 Å². The molecule has 2 rings (SSSR count). The molecule has 0 saturated carbocycles. The summed E-state index contributed by atoms with van der Waals surface area (Å²) in [7, 11) is 0. The van der Waals surface area contributed by atoms with Crippen LogP contribution in [0, 0.1) is 0 Å². The van der Waals surface area contributed by atoms with Crippen molar-refractivity contribution in [2.45, 2.75) is 32.6 Å². The summed E-state index contributed by atoms with van der Waals surface area (Å²) in [6, 6.07) is 5.82. The highest BCUT2D eigenvalue weighted by molar-refractivity contribution is 5.90. The van der Waals surface area contributed by atoms with Crippen molar-refractivity contribution in [3.8, 4) is 5.75 Å². The number of fused-ring (bicyclic) bond motifs is 1. The Balaban J connectivity index is 2.22. The van der Waals surface area contributed by atoms with Crippen LogP contribution in [0.25, 0.3) is 10.9 Å². The van der Waals surface area contributed by atoms with Gasteiger partial charge in [0.1, 0.15) is 5.75 Å². The highest BCUT2D eigenvalue weighted by atomic mass is 16.5. The minimum absolute atomic E-state index is 0.0490. The molecule has 0 aliphatic rings. The van der Waals surface area contributed by atoms with Gasteiger partial charge in [-0.15, -0.1) is 0 Å². The highest BCUT2D eigenvalue weighted by Gasteiger charge is 2.16. The lowest BCUT2D eigenvalue weighted by Crippen LogP contribution is -2.31. The summed E-state index contributed by atoms with van der Waals surface area (Å²) < 4.78 is 5.70. The summed E-state index contributed by atoms with van der Waals surface area (Å²) in [5.74, 6) is 0.965. The standard InChI is InChI=1S/C17H24N2O3/c1-3-12(4-2)13-10-19-14-6-5-7-15(17(13)14)22-11-16(21)18-8-9-20/h5-7,10,12,19-20H,3-4,8-9,11H2,1-2H3,(H,18,21). The van der Waals surface area contributed by atoms with Crippen LogP contribution in [0.3, 0.4) is 0 Å². The van der Waals surface area contributed by atoms with Crippen LogP contribution in [0.2, 0.25) is 0 Å². The van der Waals surface area contributed by atoms with Crippen LogP contribution >= 0.6 is 0 Å². The Morgan fingerprint density at radius 2 is 2.14 bits per heavy atom. The minimum Gasteiger partial charge on any atom is -0.483 e. The molecule has 0 bridgehead atoms. The fourth-order valence-electron chi connectivity index (χ4n) is 2.74. The third-order valence-electron chi connectivity index (χ3n) is 3.92. The maximum absolute atomic E-state index is 11.6. The largest absolute Gasteiger partial charge is 0.483 e. The number of benzene rings is 1. The van der Waals surface area contributed by atoms with Gasteiger partial charge in [-0.1, -0.05) is 19.9 Å². The first-order chi connectivity index (χ1) is 10.7. The number of hydrogen-bond donors (Lipinski definition) is 3. The van der Waals surface area contributed by atoms with Gasteiger partial charge in [-0.05, 0) is 36.5 Å². The molecule has 22 heavy (non-hydrogen) atoms. The molecule has 1 amide bonds. The van der Waals surface area contributed by atoms with Gasteiger partial charge in [0.05, 0.1) is 6.61 Å². The molecule has 0 unspecified atom stereocenters. The van der Waals surface area contributed by atoms with E-state index in [9.17, 15) is 4.79 Å². The number of hydrogen-bond acceptors (Lipinski definition) is 3. The van der Waals surface area contributed by atoms with Gasteiger partial charge < -0.3 is 20.1 Å². The number of nitrogens with one attached hydrogen (secondary N) is 2. The SMILES string of the molecule is CCC(CC)c1c[nH]c2cccc(OCC(=O)NCCO)c12. The van der Waals surface area contributed by atoms with E-state index in [4.69, 9.17) is 9.84 Å². The lowest BCUT2D eigenvalue weighted by atomic mass is 9.93. The number of aliphatic hydroxyl groups is 1. The topological polar surface area (TPSA) is 74.4 Å². The second kappa shape index (κ2) is 7.84. The van der Waals surface area contributed by atoms with E-state index in [1.54, 1.807) is 0 Å². The summed E-state index contributed by atoms with van der Waals surface area (Å²) in [5.41, 5.74) is 2.27. The molecular weight excluding hydrogens is 280 g/mol. The summed E-state index contributed by atoms with van der Waals surface area (Å²) in [6.07, 6.45) is 4.17. The van der Waals surface area contributed by atoms with Crippen LogP contribution in [0.1, 0.15) is 38.2 Å². The Morgan fingerprint density at radius 1 is 1.36 bits per heavy atom. The molecule has 0 spiro atoms. The zero-order valence-electron chi connectivity index (χ0n) is 13.2. The van der Waals surface area contributed by atoms with Gasteiger partial charge in [0.15, 0.2) is 6.61 Å². The van der Waals surface area contributed by atoms with Crippen LogP contribution in [-0.4, -0.2) is 35.8 Å². The number of carbonyl (C=O) groups excluding carboxylic acids is 1. The smallest absolute Gasteiger partial charge is 0.258 e. The number of rotatable bonds is 8. The summed E-state index contributed by atoms with van der Waals surface area (Å²) in [5, 5.41) is 12.3. The molecular formula is C17H24N2O3. The number of H-pyrrole nitrogens is 1. The summed E-state index contributed by atoms with van der Waals surface area (Å²) in [6.45, 7) is 4.48. The average molecular weight is 304 g/mol. The average Bonchev–Trinajstić information content (AvgIpc) is 2.97. The van der Waals surface area contributed by atoms with Gasteiger partial charge in [-0.2, -0.15) is 0 Å². The van der Waals surface area contributed by atoms with Gasteiger partial charge in [0.2, 0.25) is 0 Å². The van der Waals surface area contributed by atoms with Crippen molar-refractivity contribution in [2.24, 2.45) is 0 Å². The lowest BCUT2D eigenvalue weighted by Gasteiger charge is -2.14. The Bertz CT molecular complexity index is 617. The van der Waals surface area contributed by atoms with Gasteiger partial charge in [-0.25, -0.2) is 0 Å². The monoisotopic (exact) mass is 304 g/mol. The molecule has 0 saturated heterocycles. The molecule has 1 aromatic heterocycles. The van der Waals surface area contributed by atoms with E-state index < -0.39 is 0 Å². The Hall–Kier alpha value is -2.01. The van der Waals surface area contributed by atoms with Gasteiger partial charge in [0, 0.05) is 23.6 Å². The molecule has 1 heterocycles. The van der Waals surface area contributed by atoms with E-state index in [1.807, 2.05) is 24.4 Å². The van der Waals surface area contributed by atoms with E-state index in [-0.39, 0.29) is 25.7 Å². The first-order valence-electron chi connectivity index (χ1n) is 7.81. The number of aromatic nitrogens is 1. The number of carbonyl (C=O) groups is 1. The summed E-state index contributed by atoms with van der Waals surface area (Å²) in [4.78, 5) is 14.9. The highest BCUT2D eigenvalue weighted by Crippen LogP contribution is 2.35. The predicted octanol–water partition coefficient (Wildman–Crippen LogP) is 2.56. The molecule has 1 aromatic carbocycles. The molecule has 0 atom stereocenters. The van der Waals surface area contributed by atoms with Crippen LogP contribution in [0.15, 0.2) is 24.4 Å². The molecule has 120 valence electrons. The van der Waals surface area contributed by atoms with E-state index in [1.165, 1.54) is 5.56 Å². The minimum atomic E-state index is -0.231. The molecule has 5 nitrogen and oxygen atoms in total. The Morgan fingerprint density at radius 3 is 2.82 bits per heavy atom. The van der Waals surface area contributed by atoms with Crippen molar-refractivity contribution >= 4 is 16.8 Å². The van der Waals surface area contributed by atoms with Gasteiger partial charge in [-0.3, -0.25) is 4.79 Å². The van der Waals surface area contributed by atoms with Gasteiger partial charge in [0.25, 0.3) is 5.91 Å². The van der Waals surface area contributed by atoms with E-state index in [0.29, 0.717) is 5.92 Å². The maximum Gasteiger partial charge on any atom is 0.258 e. The third kappa shape index (κ3) is 3.60. The van der Waals surface area contributed by atoms with Crippen molar-refractivity contribution in [3.05, 3.63) is 30.0 Å². The quantitative estimate of drug-likeness (QED) is 0.701. The second-order valence-corrected chi connectivity index (χ2v) is 5.30. The molecule has 0 fully saturated rings. The van der Waals surface area contributed by atoms with Crippen molar-refractivity contribution in [3.63, 3.8) is 0 Å². The number of aliphatic hydroxyl groups excluding tert-OH is 1. The molecule has 0 radical (unpaired) electrons. The maximum atomic E-state index is 11.6. The third-order valence-corrected chi connectivity index (χ3v) is 3.92. The number of amides is 1. The van der Waals surface area contributed by atoms with Crippen molar-refractivity contribution in [1.82, 2.24) is 10.3 Å². The summed E-state index contributed by atoms with van der Waals surface area (Å²) >= 11 is 0. The first kappa shape index (κ1) is 16.4. The fourth-order valence-corrected chi connectivity index (χ4v) is 2.74. The Labute approximate surface area is 130 Å². The van der Waals surface area contributed by atoms with E-state index in [2.05, 4.69) is 24.1 Å². The normalized spacial score (nSPS) is 11.1. The fraction of sp³-hybridized carbons (Fsp3) is 0.471. The van der Waals surface area contributed by atoms with Gasteiger partial charge >= 0.3 is 0 Å². The van der Waals surface area contributed by atoms with Crippen LogP contribution < -0.4 is 10.1 Å². The van der Waals surface area contributed by atoms with Crippen molar-refractivity contribution in [1.29, 1.82) is 0 Å². The molecule has 5 heteroatoms. The second-order valence-electron chi connectivity index (χ2n) is 5.30. The van der Waals surface area contributed by atoms with Crippen molar-refractivity contribution in [2.75, 3.05) is 19.8 Å². The van der Waals surface area contributed by atoms with Crippen molar-refractivity contribution < 1.29 is 14.6 Å². The number of aromatic amines is 1. The van der Waals surface area contributed by atoms with E-state index in [0.717, 1.165) is 29.5 Å². The predicted molar refractivity (Wildman–Crippen MR) is 87.2 cm³/mol. The molecule has 0 aliphatic heterocycles. The molecule has 3 N–H and O–H groups in total. The molecule has 2 aromatic rings. The molecule has 0 aliphatic carbocycles. The lowest BCUT2D eigenvalue weighted by molar-refractivity contribution is -0.123. The first-order valence-corrected chi connectivity index (χ1v) is 7.81. The van der Waals surface area contributed by atoms with E-state index >= 15 is 0 Å². The number of ether oxygens (including phenoxy) is 1. The van der Waals surface area contributed by atoms with Crippen LogP contribution in [0.4, 0.5) is 0 Å². The zero-order valence-corrected chi connectivity index (χ0v) is 13.2. The Kier molecular flexibility index (Phi) is 5.83. The zero-order chi connectivity index (χ0) is 15.9. The van der Waals surface area contributed by atoms with Crippen LogP contribution in [0.5, 0.6) is 5.75 Å².